The second-order valence-electron chi connectivity index (χ2n) is 7.55. The van der Waals surface area contributed by atoms with Crippen molar-refractivity contribution in [3.05, 3.63) is 83.6 Å². The van der Waals surface area contributed by atoms with E-state index in [1.54, 1.807) is 18.7 Å². The molecular weight excluding hydrogens is 336 g/mol. The third kappa shape index (κ3) is 4.86. The van der Waals surface area contributed by atoms with Crippen molar-refractivity contribution >= 4 is 5.91 Å². The molecule has 0 radical (unpaired) electrons. The second-order valence-corrected chi connectivity index (χ2v) is 7.55. The standard InChI is InChI=1S/C23H26N2O2/c1-17-20(14-21(24-17)19-12-8-5-9-13-19)22(26)25(16-23(2,3)27)15-18-10-6-4-7-11-18/h4-14,24,27H,15-16H2,1-3H3. The molecule has 3 aromatic rings. The highest BCUT2D eigenvalue weighted by atomic mass is 16.3. The molecule has 140 valence electrons. The Balaban J connectivity index is 1.90. The lowest BCUT2D eigenvalue weighted by molar-refractivity contribution is 0.0280. The molecule has 0 aliphatic heterocycles. The number of nitrogens with one attached hydrogen (secondary N) is 1. The second kappa shape index (κ2) is 7.80. The van der Waals surface area contributed by atoms with Crippen LogP contribution in [0.3, 0.4) is 0 Å². The summed E-state index contributed by atoms with van der Waals surface area (Å²) in [7, 11) is 0. The van der Waals surface area contributed by atoms with Crippen LogP contribution in [0.4, 0.5) is 0 Å². The van der Waals surface area contributed by atoms with E-state index in [1.165, 1.54) is 0 Å². The average molecular weight is 362 g/mol. The molecule has 0 bridgehead atoms. The summed E-state index contributed by atoms with van der Waals surface area (Å²) in [6, 6.07) is 21.7. The predicted molar refractivity (Wildman–Crippen MR) is 108 cm³/mol. The molecule has 0 saturated carbocycles. The van der Waals surface area contributed by atoms with Gasteiger partial charge in [0.15, 0.2) is 0 Å². The number of hydrogen-bond acceptors (Lipinski definition) is 2. The molecule has 0 saturated heterocycles. The smallest absolute Gasteiger partial charge is 0.256 e. The van der Waals surface area contributed by atoms with Gasteiger partial charge in [-0.05, 0) is 38.0 Å². The van der Waals surface area contributed by atoms with Crippen molar-refractivity contribution in [3.63, 3.8) is 0 Å². The summed E-state index contributed by atoms with van der Waals surface area (Å²) in [5.74, 6) is -0.0862. The van der Waals surface area contributed by atoms with Gasteiger partial charge in [0.25, 0.3) is 5.91 Å². The Kier molecular flexibility index (Phi) is 5.47. The maximum atomic E-state index is 13.3. The van der Waals surface area contributed by atoms with Gasteiger partial charge in [-0.2, -0.15) is 0 Å². The molecule has 27 heavy (non-hydrogen) atoms. The molecule has 0 unspecified atom stereocenters. The minimum Gasteiger partial charge on any atom is -0.389 e. The van der Waals surface area contributed by atoms with Gasteiger partial charge >= 0.3 is 0 Å². The van der Waals surface area contributed by atoms with Gasteiger partial charge in [0, 0.05) is 24.5 Å². The lowest BCUT2D eigenvalue weighted by Crippen LogP contribution is -2.41. The van der Waals surface area contributed by atoms with Crippen molar-refractivity contribution in [3.8, 4) is 11.3 Å². The predicted octanol–water partition coefficient (Wildman–Crippen LogP) is 4.40. The van der Waals surface area contributed by atoms with Crippen LogP contribution in [0.5, 0.6) is 0 Å². The number of aliphatic hydroxyl groups is 1. The Labute approximate surface area is 160 Å². The Bertz CT molecular complexity index is 893. The van der Waals surface area contributed by atoms with Crippen LogP contribution in [0.25, 0.3) is 11.3 Å². The van der Waals surface area contributed by atoms with E-state index in [1.807, 2.05) is 73.7 Å². The summed E-state index contributed by atoms with van der Waals surface area (Å²) < 4.78 is 0. The monoisotopic (exact) mass is 362 g/mol. The molecule has 1 heterocycles. The Morgan fingerprint density at radius 1 is 1.04 bits per heavy atom. The van der Waals surface area contributed by atoms with Gasteiger partial charge in [-0.3, -0.25) is 4.79 Å². The van der Waals surface area contributed by atoms with Crippen LogP contribution in [0, 0.1) is 6.92 Å². The third-order valence-electron chi connectivity index (χ3n) is 4.41. The van der Waals surface area contributed by atoms with Gasteiger partial charge in [-0.25, -0.2) is 0 Å². The fourth-order valence-corrected chi connectivity index (χ4v) is 3.19. The highest BCUT2D eigenvalue weighted by Crippen LogP contribution is 2.24. The van der Waals surface area contributed by atoms with Crippen LogP contribution in [-0.4, -0.2) is 33.0 Å². The first-order valence-corrected chi connectivity index (χ1v) is 9.14. The zero-order valence-electron chi connectivity index (χ0n) is 16.1. The number of nitrogens with zero attached hydrogens (tertiary/aromatic N) is 1. The number of carbonyl (C=O) groups excluding carboxylic acids is 1. The van der Waals surface area contributed by atoms with Crippen LogP contribution in [0.15, 0.2) is 66.7 Å². The van der Waals surface area contributed by atoms with E-state index in [0.717, 1.165) is 22.5 Å². The first-order valence-electron chi connectivity index (χ1n) is 9.14. The maximum absolute atomic E-state index is 13.3. The molecule has 0 atom stereocenters. The number of amides is 1. The number of aromatic amines is 1. The Morgan fingerprint density at radius 2 is 1.63 bits per heavy atom. The lowest BCUT2D eigenvalue weighted by Gasteiger charge is -2.29. The highest BCUT2D eigenvalue weighted by Gasteiger charge is 2.25. The summed E-state index contributed by atoms with van der Waals surface area (Å²) in [5, 5.41) is 10.3. The quantitative estimate of drug-likeness (QED) is 0.683. The molecular formula is C23H26N2O2. The van der Waals surface area contributed by atoms with E-state index in [9.17, 15) is 9.90 Å². The fourth-order valence-electron chi connectivity index (χ4n) is 3.19. The fraction of sp³-hybridized carbons (Fsp3) is 0.261. The topological polar surface area (TPSA) is 56.3 Å². The van der Waals surface area contributed by atoms with Crippen LogP contribution in [0.1, 0.15) is 35.5 Å². The summed E-state index contributed by atoms with van der Waals surface area (Å²) in [5.41, 5.74) is 3.47. The molecule has 3 rings (SSSR count). The summed E-state index contributed by atoms with van der Waals surface area (Å²) in [6.07, 6.45) is 0. The summed E-state index contributed by atoms with van der Waals surface area (Å²) in [6.45, 7) is 6.06. The molecule has 4 heteroatoms. The number of rotatable bonds is 6. The molecule has 0 fully saturated rings. The number of hydrogen-bond donors (Lipinski definition) is 2. The number of aryl methyl sites for hydroxylation is 1. The highest BCUT2D eigenvalue weighted by molar-refractivity contribution is 5.96. The molecule has 0 spiro atoms. The van der Waals surface area contributed by atoms with Gasteiger partial charge in [-0.1, -0.05) is 60.7 Å². The van der Waals surface area contributed by atoms with E-state index >= 15 is 0 Å². The molecule has 4 nitrogen and oxygen atoms in total. The molecule has 2 aromatic carbocycles. The first kappa shape index (κ1) is 18.9. The van der Waals surface area contributed by atoms with E-state index in [2.05, 4.69) is 4.98 Å². The zero-order chi connectivity index (χ0) is 19.4. The Hall–Kier alpha value is -2.85. The minimum absolute atomic E-state index is 0.0862. The van der Waals surface area contributed by atoms with Gasteiger partial charge in [0.2, 0.25) is 0 Å². The SMILES string of the molecule is Cc1[nH]c(-c2ccccc2)cc1C(=O)N(Cc1ccccc1)CC(C)(C)O. The van der Waals surface area contributed by atoms with Crippen LogP contribution < -0.4 is 0 Å². The van der Waals surface area contributed by atoms with E-state index < -0.39 is 5.60 Å². The van der Waals surface area contributed by atoms with E-state index in [4.69, 9.17) is 0 Å². The third-order valence-corrected chi connectivity index (χ3v) is 4.41. The minimum atomic E-state index is -0.975. The summed E-state index contributed by atoms with van der Waals surface area (Å²) in [4.78, 5) is 18.3. The van der Waals surface area contributed by atoms with Crippen LogP contribution in [-0.2, 0) is 6.54 Å². The van der Waals surface area contributed by atoms with E-state index in [-0.39, 0.29) is 12.5 Å². The average Bonchev–Trinajstić information content (AvgIpc) is 3.03. The first-order chi connectivity index (χ1) is 12.8. The van der Waals surface area contributed by atoms with E-state index in [0.29, 0.717) is 12.1 Å². The zero-order valence-corrected chi connectivity index (χ0v) is 16.1. The van der Waals surface area contributed by atoms with Crippen LogP contribution in [0.2, 0.25) is 0 Å². The van der Waals surface area contributed by atoms with Gasteiger partial charge < -0.3 is 15.0 Å². The molecule has 1 amide bonds. The molecule has 1 aromatic heterocycles. The maximum Gasteiger partial charge on any atom is 0.256 e. The van der Waals surface area contributed by atoms with Crippen LogP contribution >= 0.6 is 0 Å². The normalized spacial score (nSPS) is 11.4. The Morgan fingerprint density at radius 3 is 2.22 bits per heavy atom. The lowest BCUT2D eigenvalue weighted by atomic mass is 10.1. The van der Waals surface area contributed by atoms with Crippen molar-refractivity contribution in [1.29, 1.82) is 0 Å². The van der Waals surface area contributed by atoms with Crippen molar-refractivity contribution in [2.24, 2.45) is 0 Å². The van der Waals surface area contributed by atoms with Crippen molar-refractivity contribution < 1.29 is 9.90 Å². The summed E-state index contributed by atoms with van der Waals surface area (Å²) >= 11 is 0. The number of carbonyl (C=O) groups is 1. The van der Waals surface area contributed by atoms with Crippen molar-refractivity contribution in [2.45, 2.75) is 32.9 Å². The van der Waals surface area contributed by atoms with Gasteiger partial charge in [0.1, 0.15) is 0 Å². The largest absolute Gasteiger partial charge is 0.389 e. The number of aromatic nitrogens is 1. The molecule has 2 N–H and O–H groups in total. The number of H-pyrrole nitrogens is 1. The van der Waals surface area contributed by atoms with Crippen molar-refractivity contribution in [2.75, 3.05) is 6.54 Å². The van der Waals surface area contributed by atoms with Gasteiger partial charge in [0.05, 0.1) is 11.2 Å². The molecule has 0 aliphatic carbocycles. The van der Waals surface area contributed by atoms with Gasteiger partial charge in [-0.15, -0.1) is 0 Å². The number of benzene rings is 2. The molecule has 0 aliphatic rings. The van der Waals surface area contributed by atoms with Crippen molar-refractivity contribution in [1.82, 2.24) is 9.88 Å².